The van der Waals surface area contributed by atoms with Gasteiger partial charge in [0.05, 0.1) is 11.3 Å². The summed E-state index contributed by atoms with van der Waals surface area (Å²) in [6.45, 7) is 0.411. The Kier molecular flexibility index (Phi) is 4.91. The van der Waals surface area contributed by atoms with Gasteiger partial charge < -0.3 is 10.5 Å². The molecule has 7 heteroatoms. The van der Waals surface area contributed by atoms with E-state index >= 15 is 0 Å². The molecule has 0 aliphatic heterocycles. The Balaban J connectivity index is 2.64. The Bertz CT molecular complexity index is 361. The summed E-state index contributed by atoms with van der Waals surface area (Å²) in [6.07, 6.45) is 3.48. The van der Waals surface area contributed by atoms with E-state index in [4.69, 9.17) is 15.9 Å². The van der Waals surface area contributed by atoms with Crippen LogP contribution in [-0.2, 0) is 14.8 Å². The molecule has 1 saturated carbocycles. The number of hydrogen-bond donors (Lipinski definition) is 3. The highest BCUT2D eigenvalue weighted by molar-refractivity contribution is 7.89. The Morgan fingerprint density at radius 1 is 1.47 bits per heavy atom. The number of hydrogen-bond acceptors (Lipinski definition) is 4. The van der Waals surface area contributed by atoms with Gasteiger partial charge in [0.25, 0.3) is 0 Å². The number of nitrogens with two attached hydrogens (primary N) is 1. The van der Waals surface area contributed by atoms with Crippen molar-refractivity contribution in [1.82, 2.24) is 4.72 Å². The topological polar surface area (TPSA) is 105 Å². The summed E-state index contributed by atoms with van der Waals surface area (Å²) >= 11 is 0. The van der Waals surface area contributed by atoms with E-state index in [2.05, 4.69) is 4.72 Å². The normalized spacial score (nSPS) is 19.4. The maximum Gasteiger partial charge on any atom is 0.212 e. The molecule has 6 nitrogen and oxygen atoms in total. The molecular formula is C10H21N3O3S. The van der Waals surface area contributed by atoms with Crippen LogP contribution in [0.5, 0.6) is 0 Å². The summed E-state index contributed by atoms with van der Waals surface area (Å²) in [5.41, 5.74) is 4.69. The van der Waals surface area contributed by atoms with Crippen molar-refractivity contribution in [3.05, 3.63) is 0 Å². The van der Waals surface area contributed by atoms with Gasteiger partial charge in [-0.05, 0) is 19.3 Å². The first-order valence-corrected chi connectivity index (χ1v) is 7.42. The number of amidine groups is 1. The van der Waals surface area contributed by atoms with Crippen molar-refractivity contribution in [1.29, 1.82) is 5.41 Å². The summed E-state index contributed by atoms with van der Waals surface area (Å²) in [5.74, 6) is -0.0686. The second-order valence-corrected chi connectivity index (χ2v) is 6.31. The van der Waals surface area contributed by atoms with Crippen LogP contribution in [0, 0.1) is 5.41 Å². The predicted molar refractivity (Wildman–Crippen MR) is 66.5 cm³/mol. The number of sulfonamides is 1. The zero-order valence-corrected chi connectivity index (χ0v) is 11.0. The number of nitrogens with one attached hydrogen (secondary N) is 2. The average molecular weight is 263 g/mol. The summed E-state index contributed by atoms with van der Waals surface area (Å²) in [4.78, 5) is 0. The monoisotopic (exact) mass is 263 g/mol. The smallest absolute Gasteiger partial charge is 0.212 e. The molecule has 0 aromatic carbocycles. The van der Waals surface area contributed by atoms with E-state index in [1.54, 1.807) is 0 Å². The minimum absolute atomic E-state index is 0.00979. The van der Waals surface area contributed by atoms with Gasteiger partial charge in [-0.25, -0.2) is 13.1 Å². The SMILES string of the molecule is COCCCS(=O)(=O)NC1(C(=N)N)CCCC1. The molecule has 0 atom stereocenters. The lowest BCUT2D eigenvalue weighted by molar-refractivity contribution is 0.199. The van der Waals surface area contributed by atoms with Gasteiger partial charge in [-0.2, -0.15) is 0 Å². The lowest BCUT2D eigenvalue weighted by Gasteiger charge is -2.28. The average Bonchev–Trinajstić information content (AvgIpc) is 2.67. The molecule has 4 N–H and O–H groups in total. The van der Waals surface area contributed by atoms with Crippen LogP contribution in [0.3, 0.4) is 0 Å². The third-order valence-corrected chi connectivity index (χ3v) is 4.61. The van der Waals surface area contributed by atoms with E-state index in [1.807, 2.05) is 0 Å². The molecule has 100 valence electrons. The first-order valence-electron chi connectivity index (χ1n) is 5.77. The number of ether oxygens (including phenoxy) is 1. The van der Waals surface area contributed by atoms with Crippen molar-refractivity contribution in [3.8, 4) is 0 Å². The van der Waals surface area contributed by atoms with Gasteiger partial charge in [0.2, 0.25) is 10.0 Å². The summed E-state index contributed by atoms with van der Waals surface area (Å²) in [7, 11) is -1.86. The zero-order valence-electron chi connectivity index (χ0n) is 10.2. The quantitative estimate of drug-likeness (QED) is 0.346. The highest BCUT2D eigenvalue weighted by Gasteiger charge is 2.40. The van der Waals surface area contributed by atoms with Gasteiger partial charge in [0, 0.05) is 13.7 Å². The summed E-state index contributed by atoms with van der Waals surface area (Å²) in [6, 6.07) is 0. The predicted octanol–water partition coefficient (Wildman–Crippen LogP) is 0.191. The zero-order chi connectivity index (χ0) is 12.9. The van der Waals surface area contributed by atoms with E-state index in [1.165, 1.54) is 7.11 Å². The number of rotatable bonds is 7. The second-order valence-electron chi connectivity index (χ2n) is 4.47. The molecule has 0 amide bonds. The van der Waals surface area contributed by atoms with Gasteiger partial charge in [-0.1, -0.05) is 12.8 Å². The maximum atomic E-state index is 11.9. The van der Waals surface area contributed by atoms with Crippen LogP contribution in [0.15, 0.2) is 0 Å². The fraction of sp³-hybridized carbons (Fsp3) is 0.900. The lowest BCUT2D eigenvalue weighted by Crippen LogP contribution is -2.55. The molecule has 1 aliphatic carbocycles. The van der Waals surface area contributed by atoms with E-state index in [9.17, 15) is 8.42 Å². The van der Waals surface area contributed by atoms with Crippen molar-refractivity contribution in [2.45, 2.75) is 37.6 Å². The molecule has 0 unspecified atom stereocenters. The van der Waals surface area contributed by atoms with Gasteiger partial charge >= 0.3 is 0 Å². The third-order valence-electron chi connectivity index (χ3n) is 3.09. The first kappa shape index (κ1) is 14.4. The van der Waals surface area contributed by atoms with Crippen molar-refractivity contribution in [3.63, 3.8) is 0 Å². The van der Waals surface area contributed by atoms with Gasteiger partial charge in [0.15, 0.2) is 0 Å². The highest BCUT2D eigenvalue weighted by Crippen LogP contribution is 2.30. The van der Waals surface area contributed by atoms with Crippen molar-refractivity contribution in [2.24, 2.45) is 5.73 Å². The lowest BCUT2D eigenvalue weighted by atomic mass is 9.98. The third kappa shape index (κ3) is 3.93. The maximum absolute atomic E-state index is 11.9. The minimum atomic E-state index is -3.39. The molecule has 17 heavy (non-hydrogen) atoms. The van der Waals surface area contributed by atoms with E-state index in [0.29, 0.717) is 25.9 Å². The van der Waals surface area contributed by atoms with Gasteiger partial charge in [-0.15, -0.1) is 0 Å². The van der Waals surface area contributed by atoms with Crippen LogP contribution in [0.1, 0.15) is 32.1 Å². The van der Waals surface area contributed by atoms with Crippen LogP contribution < -0.4 is 10.5 Å². The van der Waals surface area contributed by atoms with Crippen LogP contribution >= 0.6 is 0 Å². The van der Waals surface area contributed by atoms with Crippen molar-refractivity contribution in [2.75, 3.05) is 19.5 Å². The standard InChI is InChI=1S/C10H21N3O3S/c1-16-7-4-8-17(14,15)13-10(9(11)12)5-2-3-6-10/h13H,2-8H2,1H3,(H3,11,12). The molecular weight excluding hydrogens is 242 g/mol. The van der Waals surface area contributed by atoms with E-state index in [-0.39, 0.29) is 11.6 Å². The summed E-state index contributed by atoms with van der Waals surface area (Å²) in [5, 5.41) is 7.56. The Morgan fingerprint density at radius 3 is 2.53 bits per heavy atom. The Hall–Kier alpha value is -0.660. The number of methoxy groups -OCH3 is 1. The molecule has 0 heterocycles. The molecule has 1 fully saturated rings. The minimum Gasteiger partial charge on any atom is -0.386 e. The fourth-order valence-corrected chi connectivity index (χ4v) is 3.66. The molecule has 0 spiro atoms. The van der Waals surface area contributed by atoms with Crippen LogP contribution in [0.25, 0.3) is 0 Å². The van der Waals surface area contributed by atoms with Gasteiger partial charge in [-0.3, -0.25) is 5.41 Å². The van der Waals surface area contributed by atoms with E-state index < -0.39 is 15.6 Å². The molecule has 0 bridgehead atoms. The molecule has 0 radical (unpaired) electrons. The van der Waals surface area contributed by atoms with E-state index in [0.717, 1.165) is 12.8 Å². The first-order chi connectivity index (χ1) is 7.92. The Labute approximate surface area is 102 Å². The van der Waals surface area contributed by atoms with Crippen LogP contribution in [0.2, 0.25) is 0 Å². The second kappa shape index (κ2) is 5.79. The summed E-state index contributed by atoms with van der Waals surface area (Å²) < 4.78 is 31.1. The van der Waals surface area contributed by atoms with Gasteiger partial charge in [0.1, 0.15) is 5.84 Å². The molecule has 0 saturated heterocycles. The molecule has 1 aliphatic rings. The van der Waals surface area contributed by atoms with Crippen LogP contribution in [-0.4, -0.2) is 39.3 Å². The molecule has 0 aromatic heterocycles. The molecule has 1 rings (SSSR count). The van der Waals surface area contributed by atoms with Crippen molar-refractivity contribution < 1.29 is 13.2 Å². The van der Waals surface area contributed by atoms with Crippen LogP contribution in [0.4, 0.5) is 0 Å². The highest BCUT2D eigenvalue weighted by atomic mass is 32.2. The largest absolute Gasteiger partial charge is 0.386 e. The molecule has 0 aromatic rings. The van der Waals surface area contributed by atoms with Crippen molar-refractivity contribution >= 4 is 15.9 Å². The fourth-order valence-electron chi connectivity index (χ4n) is 2.15. The Morgan fingerprint density at radius 2 is 2.06 bits per heavy atom.